The molecule has 1 saturated heterocycles. The Morgan fingerprint density at radius 2 is 1.93 bits per heavy atom. The largest absolute Gasteiger partial charge is 0.318 e. The average molecular weight is 600 g/mol. The van der Waals surface area contributed by atoms with Gasteiger partial charge in [0.1, 0.15) is 5.69 Å². The lowest BCUT2D eigenvalue weighted by molar-refractivity contribution is -0.118. The number of halogens is 5. The van der Waals surface area contributed by atoms with Crippen LogP contribution in [0.1, 0.15) is 45.8 Å². The number of carbonyl (C=O) groups excluding carboxylic acids is 2. The van der Waals surface area contributed by atoms with Crippen LogP contribution in [0.15, 0.2) is 36.9 Å². The summed E-state index contributed by atoms with van der Waals surface area (Å²) in [4.78, 5) is 39.4. The fraction of sp³-hybridized carbons (Fsp3) is 0.286. The number of nitrogens with zero attached hydrogens (tertiary/aromatic N) is 6. The summed E-state index contributed by atoms with van der Waals surface area (Å²) in [5, 5.41) is 6.34. The SMILES string of the molecule is Cc1ncc(-c2c(C(F)F)ccc(Cl)c2F)nc1C(=O)Nc1cnn(Cc2ncc(N3C[C@H]4C[C@H]4C3=O)c(C)c2F)c1. The molecule has 6 rings (SSSR count). The van der Waals surface area contributed by atoms with Gasteiger partial charge in [-0.3, -0.25) is 24.2 Å². The van der Waals surface area contributed by atoms with E-state index in [0.717, 1.165) is 24.8 Å². The van der Waals surface area contributed by atoms with Crippen LogP contribution in [-0.2, 0) is 11.3 Å². The zero-order valence-electron chi connectivity index (χ0n) is 22.2. The van der Waals surface area contributed by atoms with Crippen LogP contribution in [-0.4, -0.2) is 43.1 Å². The van der Waals surface area contributed by atoms with Gasteiger partial charge in [0.15, 0.2) is 11.6 Å². The molecule has 1 aromatic carbocycles. The molecule has 0 bridgehead atoms. The number of alkyl halides is 2. The van der Waals surface area contributed by atoms with Crippen molar-refractivity contribution in [2.24, 2.45) is 11.8 Å². The van der Waals surface area contributed by atoms with Crippen molar-refractivity contribution in [1.29, 1.82) is 0 Å². The average Bonchev–Trinajstić information content (AvgIpc) is 3.48. The lowest BCUT2D eigenvalue weighted by Crippen LogP contribution is -2.29. The number of rotatable bonds is 7. The van der Waals surface area contributed by atoms with Crippen LogP contribution in [0.4, 0.5) is 28.9 Å². The maximum Gasteiger partial charge on any atom is 0.276 e. The zero-order valence-corrected chi connectivity index (χ0v) is 23.0. The highest BCUT2D eigenvalue weighted by Crippen LogP contribution is 2.48. The Morgan fingerprint density at radius 1 is 1.14 bits per heavy atom. The van der Waals surface area contributed by atoms with Gasteiger partial charge in [0.2, 0.25) is 5.91 Å². The minimum Gasteiger partial charge on any atom is -0.318 e. The number of piperidine rings is 1. The molecular weight excluding hydrogens is 578 g/mol. The first-order valence-corrected chi connectivity index (χ1v) is 13.3. The van der Waals surface area contributed by atoms with Gasteiger partial charge in [0.25, 0.3) is 12.3 Å². The van der Waals surface area contributed by atoms with Crippen LogP contribution in [0, 0.1) is 37.3 Å². The third-order valence-corrected chi connectivity index (χ3v) is 7.81. The Labute approximate surface area is 241 Å². The fourth-order valence-electron chi connectivity index (χ4n) is 5.15. The van der Waals surface area contributed by atoms with E-state index in [0.29, 0.717) is 23.7 Å². The first kappa shape index (κ1) is 27.8. The second-order valence-corrected chi connectivity index (χ2v) is 10.7. The number of aromatic nitrogens is 5. The van der Waals surface area contributed by atoms with Crippen LogP contribution >= 0.6 is 11.6 Å². The highest BCUT2D eigenvalue weighted by Gasteiger charge is 2.52. The summed E-state index contributed by atoms with van der Waals surface area (Å²) in [6, 6.07) is 2.00. The third-order valence-electron chi connectivity index (χ3n) is 7.51. The van der Waals surface area contributed by atoms with E-state index in [2.05, 4.69) is 25.4 Å². The fourth-order valence-corrected chi connectivity index (χ4v) is 5.31. The van der Waals surface area contributed by atoms with E-state index in [4.69, 9.17) is 11.6 Å². The van der Waals surface area contributed by atoms with Gasteiger partial charge in [0, 0.05) is 35.3 Å². The van der Waals surface area contributed by atoms with Gasteiger partial charge < -0.3 is 10.2 Å². The number of nitrogens with one attached hydrogen (secondary N) is 1. The van der Waals surface area contributed by atoms with Gasteiger partial charge in [-0.2, -0.15) is 5.10 Å². The van der Waals surface area contributed by atoms with Crippen molar-refractivity contribution in [1.82, 2.24) is 24.7 Å². The number of fused-ring (bicyclic) bond motifs is 1. The maximum absolute atomic E-state index is 15.2. The normalized spacial score (nSPS) is 17.6. The minimum atomic E-state index is -3.02. The molecule has 216 valence electrons. The van der Waals surface area contributed by atoms with E-state index >= 15 is 4.39 Å². The zero-order chi connectivity index (χ0) is 29.9. The molecule has 1 saturated carbocycles. The van der Waals surface area contributed by atoms with Crippen molar-refractivity contribution in [3.8, 4) is 11.3 Å². The lowest BCUT2D eigenvalue weighted by Gasteiger charge is -2.21. The van der Waals surface area contributed by atoms with E-state index < -0.39 is 35.1 Å². The predicted molar refractivity (Wildman–Crippen MR) is 144 cm³/mol. The second kappa shape index (κ2) is 10.5. The molecule has 0 unspecified atom stereocenters. The van der Waals surface area contributed by atoms with Gasteiger partial charge >= 0.3 is 0 Å². The molecule has 9 nitrogen and oxygen atoms in total. The van der Waals surface area contributed by atoms with E-state index in [1.807, 2.05) is 0 Å². The maximum atomic E-state index is 15.2. The standard InChI is InChI=1S/C28H22ClF4N7O2/c1-12-21(40-9-14-5-17(14)28(40)42)8-35-20(23(12)30)11-39-10-15(6-36-39)37-27(41)25-13(2)34-7-19(38-25)22-16(26(32)33)3-4-18(29)24(22)31/h3-4,6-8,10,14,17,26H,5,9,11H2,1-2H3,(H,37,41)/t14-,17-/m1/s1. The number of aryl methyl sites for hydroxylation is 1. The van der Waals surface area contributed by atoms with Crippen LogP contribution < -0.4 is 10.2 Å². The topological polar surface area (TPSA) is 106 Å². The molecule has 1 aliphatic heterocycles. The van der Waals surface area contributed by atoms with Crippen molar-refractivity contribution >= 4 is 34.8 Å². The highest BCUT2D eigenvalue weighted by molar-refractivity contribution is 6.31. The van der Waals surface area contributed by atoms with Crippen molar-refractivity contribution in [2.45, 2.75) is 33.2 Å². The molecule has 3 aromatic heterocycles. The molecule has 2 fully saturated rings. The number of carbonyl (C=O) groups is 2. The molecule has 2 atom stereocenters. The minimum absolute atomic E-state index is 0.00198. The summed E-state index contributed by atoms with van der Waals surface area (Å²) in [7, 11) is 0. The van der Waals surface area contributed by atoms with Crippen LogP contribution in [0.25, 0.3) is 11.3 Å². The van der Waals surface area contributed by atoms with Gasteiger partial charge in [-0.15, -0.1) is 0 Å². The molecule has 1 N–H and O–H groups in total. The number of pyridine rings is 1. The smallest absolute Gasteiger partial charge is 0.276 e. The number of amides is 2. The number of hydrogen-bond acceptors (Lipinski definition) is 6. The molecule has 1 aliphatic carbocycles. The van der Waals surface area contributed by atoms with Crippen molar-refractivity contribution < 1.29 is 27.2 Å². The van der Waals surface area contributed by atoms with Crippen molar-refractivity contribution in [3.05, 3.63) is 81.8 Å². The molecule has 0 radical (unpaired) electrons. The van der Waals surface area contributed by atoms with E-state index in [1.54, 1.807) is 11.8 Å². The van der Waals surface area contributed by atoms with E-state index in [-0.39, 0.29) is 51.9 Å². The second-order valence-electron chi connectivity index (χ2n) is 10.3. The Morgan fingerprint density at radius 3 is 2.64 bits per heavy atom. The summed E-state index contributed by atoms with van der Waals surface area (Å²) in [5.74, 6) is -2.03. The van der Waals surface area contributed by atoms with Crippen molar-refractivity contribution in [2.75, 3.05) is 16.8 Å². The van der Waals surface area contributed by atoms with Gasteiger partial charge in [-0.25, -0.2) is 22.5 Å². The van der Waals surface area contributed by atoms with Crippen LogP contribution in [0.5, 0.6) is 0 Å². The summed E-state index contributed by atoms with van der Waals surface area (Å²) in [5.41, 5.74) is -0.442. The number of anilines is 2. The van der Waals surface area contributed by atoms with Gasteiger partial charge in [-0.05, 0) is 32.3 Å². The summed E-state index contributed by atoms with van der Waals surface area (Å²) in [6.07, 6.45) is 3.20. The van der Waals surface area contributed by atoms with Crippen molar-refractivity contribution in [3.63, 3.8) is 0 Å². The molecular formula is C28H22ClF4N7O2. The third kappa shape index (κ3) is 4.87. The monoisotopic (exact) mass is 599 g/mol. The Kier molecular flexibility index (Phi) is 6.92. The van der Waals surface area contributed by atoms with Crippen LogP contribution in [0.2, 0.25) is 5.02 Å². The Balaban J connectivity index is 1.20. The van der Waals surface area contributed by atoms with Gasteiger partial charge in [0.05, 0.1) is 58.6 Å². The molecule has 14 heteroatoms. The summed E-state index contributed by atoms with van der Waals surface area (Å²) in [6.45, 7) is 3.59. The Hall–Kier alpha value is -4.39. The van der Waals surface area contributed by atoms with E-state index in [1.165, 1.54) is 30.2 Å². The molecule has 4 aromatic rings. The molecule has 2 aliphatic rings. The number of hydrogen-bond donors (Lipinski definition) is 1. The molecule has 42 heavy (non-hydrogen) atoms. The number of benzene rings is 1. The lowest BCUT2D eigenvalue weighted by atomic mass is 10.0. The highest BCUT2D eigenvalue weighted by atomic mass is 35.5. The van der Waals surface area contributed by atoms with E-state index in [9.17, 15) is 22.8 Å². The quantitative estimate of drug-likeness (QED) is 0.281. The molecule has 2 amide bonds. The first-order valence-electron chi connectivity index (χ1n) is 12.9. The van der Waals surface area contributed by atoms with Crippen LogP contribution in [0.3, 0.4) is 0 Å². The Bertz CT molecular complexity index is 1760. The first-order chi connectivity index (χ1) is 20.0. The summed E-state index contributed by atoms with van der Waals surface area (Å²) >= 11 is 5.81. The molecule has 0 spiro atoms. The predicted octanol–water partition coefficient (Wildman–Crippen LogP) is 5.50. The van der Waals surface area contributed by atoms with Gasteiger partial charge in [-0.1, -0.05) is 17.7 Å². The molecule has 4 heterocycles. The summed E-state index contributed by atoms with van der Waals surface area (Å²) < 4.78 is 58.5.